The molecule has 1 spiro atoms. The number of aliphatic imine (C=N–C) groups is 1. The van der Waals surface area contributed by atoms with Gasteiger partial charge in [-0.1, -0.05) is 54.4 Å². The quantitative estimate of drug-likeness (QED) is 0.311. The van der Waals surface area contributed by atoms with E-state index in [1.54, 1.807) is 32.0 Å². The van der Waals surface area contributed by atoms with Crippen LogP contribution in [0, 0.1) is 19.8 Å². The summed E-state index contributed by atoms with van der Waals surface area (Å²) in [5.41, 5.74) is 3.08. The van der Waals surface area contributed by atoms with Crippen molar-refractivity contribution < 1.29 is 27.2 Å². The number of ether oxygens (including phenoxy) is 2. The van der Waals surface area contributed by atoms with E-state index in [0.717, 1.165) is 54.6 Å². The zero-order chi connectivity index (χ0) is 30.2. The van der Waals surface area contributed by atoms with Gasteiger partial charge in [0, 0.05) is 30.1 Å². The molecule has 228 valence electrons. The molecule has 0 radical (unpaired) electrons. The molecule has 1 amide bonds. The van der Waals surface area contributed by atoms with Crippen LogP contribution >= 0.6 is 0 Å². The summed E-state index contributed by atoms with van der Waals surface area (Å²) in [5, 5.41) is 3.88. The maximum atomic E-state index is 13.8. The number of aryl methyl sites for hydroxylation is 1. The van der Waals surface area contributed by atoms with E-state index in [4.69, 9.17) is 19.0 Å². The van der Waals surface area contributed by atoms with Gasteiger partial charge in [0.25, 0.3) is 15.9 Å². The molecule has 0 atom stereocenters. The average molecular weight is 607 g/mol. The number of carbonyl (C=O) groups excluding carboxylic acids is 1. The maximum absolute atomic E-state index is 13.8. The molecule has 2 aliphatic heterocycles. The maximum Gasteiger partial charge on any atom is 0.263 e. The van der Waals surface area contributed by atoms with E-state index >= 15 is 0 Å². The Morgan fingerprint density at radius 3 is 2.53 bits per heavy atom. The highest BCUT2D eigenvalue weighted by Crippen LogP contribution is 2.41. The number of nitrogens with one attached hydrogen (secondary N) is 1. The van der Waals surface area contributed by atoms with Gasteiger partial charge in [-0.2, -0.15) is 0 Å². The Bertz CT molecular complexity index is 1650. The molecule has 0 bridgehead atoms. The number of amides is 1. The molecule has 3 aliphatic rings. The number of sulfonamides is 1. The fourth-order valence-electron chi connectivity index (χ4n) is 6.13. The second kappa shape index (κ2) is 11.9. The number of aromatic nitrogens is 1. The minimum Gasteiger partial charge on any atom is -0.381 e. The third-order valence-corrected chi connectivity index (χ3v) is 10.1. The average Bonchev–Trinajstić information content (AvgIpc) is 3.65. The van der Waals surface area contributed by atoms with Crippen LogP contribution in [0.3, 0.4) is 0 Å². The van der Waals surface area contributed by atoms with Gasteiger partial charge in [0.15, 0.2) is 5.82 Å². The zero-order valence-electron chi connectivity index (χ0n) is 24.9. The van der Waals surface area contributed by atoms with E-state index in [2.05, 4.69) is 9.88 Å². The highest BCUT2D eigenvalue weighted by molar-refractivity contribution is 7.92. The normalized spacial score (nSPS) is 18.3. The number of amidine groups is 1. The van der Waals surface area contributed by atoms with Crippen LogP contribution in [0.15, 0.2) is 56.9 Å². The van der Waals surface area contributed by atoms with Crippen LogP contribution in [0.4, 0.5) is 5.82 Å². The molecule has 1 saturated carbocycles. The van der Waals surface area contributed by atoms with Crippen molar-refractivity contribution in [2.75, 3.05) is 24.5 Å². The Hall–Kier alpha value is -3.54. The summed E-state index contributed by atoms with van der Waals surface area (Å²) in [5.74, 6) is 2.05. The highest BCUT2D eigenvalue weighted by Gasteiger charge is 2.50. The highest BCUT2D eigenvalue weighted by atomic mass is 32.2. The lowest BCUT2D eigenvalue weighted by Crippen LogP contribution is -2.42. The molecular weight excluding hydrogens is 568 g/mol. The van der Waals surface area contributed by atoms with Crippen molar-refractivity contribution in [1.82, 2.24) is 10.1 Å². The summed E-state index contributed by atoms with van der Waals surface area (Å²) in [7, 11) is -4.00. The van der Waals surface area contributed by atoms with E-state index in [1.807, 2.05) is 36.1 Å². The lowest BCUT2D eigenvalue weighted by atomic mass is 9.96. The van der Waals surface area contributed by atoms with Crippen molar-refractivity contribution in [3.63, 3.8) is 0 Å². The van der Waals surface area contributed by atoms with Crippen molar-refractivity contribution in [3.8, 4) is 11.1 Å². The van der Waals surface area contributed by atoms with E-state index in [9.17, 15) is 13.2 Å². The summed E-state index contributed by atoms with van der Waals surface area (Å²) in [6.45, 7) is 8.01. The SMILES string of the molecule is CCOCc1cc(CN2C(=O)C3(CCCC3)N=C2CC2COC2)ccc1-c1ccccc1S(=O)(=O)Nc1noc(C)c1C. The molecule has 11 heteroatoms. The first-order valence-electron chi connectivity index (χ1n) is 14.9. The monoisotopic (exact) mass is 606 g/mol. The predicted molar refractivity (Wildman–Crippen MR) is 162 cm³/mol. The molecule has 10 nitrogen and oxygen atoms in total. The van der Waals surface area contributed by atoms with Crippen LogP contribution in [-0.4, -0.2) is 55.6 Å². The van der Waals surface area contributed by atoms with Crippen molar-refractivity contribution >= 4 is 27.6 Å². The van der Waals surface area contributed by atoms with Gasteiger partial charge in [-0.3, -0.25) is 19.4 Å². The van der Waals surface area contributed by atoms with Crippen LogP contribution in [0.2, 0.25) is 0 Å². The Kier molecular flexibility index (Phi) is 8.14. The van der Waals surface area contributed by atoms with Crippen LogP contribution in [0.1, 0.15) is 61.5 Å². The first-order valence-corrected chi connectivity index (χ1v) is 16.4. The molecule has 3 heterocycles. The van der Waals surface area contributed by atoms with Gasteiger partial charge in [0.05, 0.1) is 31.3 Å². The van der Waals surface area contributed by atoms with Gasteiger partial charge in [0.1, 0.15) is 17.1 Å². The standard InChI is InChI=1S/C32H38N4O6S/c1-4-40-20-25-15-23(17-36-29(16-24-18-41-19-24)33-32(31(36)37)13-7-8-14-32)11-12-26(25)27-9-5-6-10-28(27)43(38,39)35-30-21(2)22(3)42-34-30/h5-6,9-12,15,24H,4,7-8,13-14,16-20H2,1-3H3,(H,34,35). The third-order valence-electron chi connectivity index (χ3n) is 8.73. The third kappa shape index (κ3) is 5.73. The zero-order valence-corrected chi connectivity index (χ0v) is 25.7. The number of nitrogens with zero attached hydrogens (tertiary/aromatic N) is 3. The van der Waals surface area contributed by atoms with Gasteiger partial charge in [-0.25, -0.2) is 8.42 Å². The molecule has 1 saturated heterocycles. The number of anilines is 1. The fraction of sp³-hybridized carbons (Fsp3) is 0.469. The minimum atomic E-state index is -4.00. The summed E-state index contributed by atoms with van der Waals surface area (Å²) < 4.78 is 46.2. The summed E-state index contributed by atoms with van der Waals surface area (Å²) in [6, 6.07) is 12.8. The number of benzene rings is 2. The summed E-state index contributed by atoms with van der Waals surface area (Å²) in [6.07, 6.45) is 4.37. The summed E-state index contributed by atoms with van der Waals surface area (Å²) in [4.78, 5) is 20.8. The predicted octanol–water partition coefficient (Wildman–Crippen LogP) is 5.39. The van der Waals surface area contributed by atoms with Crippen LogP contribution < -0.4 is 4.72 Å². The van der Waals surface area contributed by atoms with Gasteiger partial charge in [0.2, 0.25) is 0 Å². The van der Waals surface area contributed by atoms with Gasteiger partial charge >= 0.3 is 0 Å². The molecule has 6 rings (SSSR count). The molecule has 0 unspecified atom stereocenters. The minimum absolute atomic E-state index is 0.0941. The Labute approximate surface area is 252 Å². The Morgan fingerprint density at radius 2 is 1.86 bits per heavy atom. The second-order valence-electron chi connectivity index (χ2n) is 11.7. The van der Waals surface area contributed by atoms with Gasteiger partial charge in [-0.05, 0) is 56.4 Å². The van der Waals surface area contributed by atoms with E-state index in [-0.39, 0.29) is 16.6 Å². The van der Waals surface area contributed by atoms with Crippen LogP contribution in [0.25, 0.3) is 11.1 Å². The lowest BCUT2D eigenvalue weighted by Gasteiger charge is -2.28. The van der Waals surface area contributed by atoms with Crippen molar-refractivity contribution in [2.45, 2.75) is 76.5 Å². The van der Waals surface area contributed by atoms with E-state index in [0.29, 0.717) is 55.8 Å². The first-order chi connectivity index (χ1) is 20.7. The smallest absolute Gasteiger partial charge is 0.263 e. The molecule has 2 aromatic carbocycles. The van der Waals surface area contributed by atoms with Gasteiger partial charge < -0.3 is 14.0 Å². The largest absolute Gasteiger partial charge is 0.381 e. The molecule has 3 aromatic rings. The van der Waals surface area contributed by atoms with Crippen molar-refractivity contribution in [2.24, 2.45) is 10.9 Å². The molecule has 1 aromatic heterocycles. The fourth-order valence-corrected chi connectivity index (χ4v) is 7.41. The molecule has 1 N–H and O–H groups in total. The molecular formula is C32H38N4O6S. The van der Waals surface area contributed by atoms with Crippen molar-refractivity contribution in [3.05, 3.63) is 64.9 Å². The second-order valence-corrected chi connectivity index (χ2v) is 13.4. The van der Waals surface area contributed by atoms with Gasteiger partial charge in [-0.15, -0.1) is 0 Å². The number of carbonyl (C=O) groups is 1. The van der Waals surface area contributed by atoms with E-state index in [1.165, 1.54) is 0 Å². The number of hydrogen-bond donors (Lipinski definition) is 1. The van der Waals surface area contributed by atoms with E-state index < -0.39 is 15.6 Å². The molecule has 43 heavy (non-hydrogen) atoms. The van der Waals surface area contributed by atoms with Crippen molar-refractivity contribution in [1.29, 1.82) is 0 Å². The molecule has 1 aliphatic carbocycles. The lowest BCUT2D eigenvalue weighted by molar-refractivity contribution is -0.131. The molecule has 2 fully saturated rings. The summed E-state index contributed by atoms with van der Waals surface area (Å²) >= 11 is 0. The van der Waals surface area contributed by atoms with Crippen LogP contribution in [-0.2, 0) is 37.4 Å². The number of rotatable bonds is 11. The van der Waals surface area contributed by atoms with Crippen LogP contribution in [0.5, 0.6) is 0 Å². The first kappa shape index (κ1) is 29.5. The Morgan fingerprint density at radius 1 is 1.09 bits per heavy atom. The topological polar surface area (TPSA) is 123 Å². The number of hydrogen-bond acceptors (Lipinski definition) is 8. The Balaban J connectivity index is 1.32.